The van der Waals surface area contributed by atoms with Gasteiger partial charge < -0.3 is 5.73 Å². The van der Waals surface area contributed by atoms with Gasteiger partial charge in [-0.1, -0.05) is 32.0 Å². The largest absolute Gasteiger partial charge is 0.326 e. The Kier molecular flexibility index (Phi) is 3.49. The highest BCUT2D eigenvalue weighted by Gasteiger charge is 2.02. The standard InChI is InChI=1S/C12H19N/c1-9(2)6-12-7-11(8-13)5-4-10(12)3/h4-5,7,9H,6,8,13H2,1-3H3. The van der Waals surface area contributed by atoms with Crippen molar-refractivity contribution in [3.8, 4) is 0 Å². The van der Waals surface area contributed by atoms with Gasteiger partial charge in [-0.15, -0.1) is 0 Å². The highest BCUT2D eigenvalue weighted by molar-refractivity contribution is 5.31. The minimum Gasteiger partial charge on any atom is -0.326 e. The molecule has 0 aliphatic rings. The molecule has 13 heavy (non-hydrogen) atoms. The van der Waals surface area contributed by atoms with E-state index in [0.29, 0.717) is 12.5 Å². The fourth-order valence-corrected chi connectivity index (χ4v) is 1.51. The molecule has 0 saturated carbocycles. The van der Waals surface area contributed by atoms with Gasteiger partial charge in [-0.2, -0.15) is 0 Å². The summed E-state index contributed by atoms with van der Waals surface area (Å²) in [5.74, 6) is 0.715. The Morgan fingerprint density at radius 1 is 1.31 bits per heavy atom. The maximum Gasteiger partial charge on any atom is 0.0178 e. The molecule has 1 nitrogen and oxygen atoms in total. The monoisotopic (exact) mass is 177 g/mol. The number of benzene rings is 1. The van der Waals surface area contributed by atoms with Gasteiger partial charge >= 0.3 is 0 Å². The number of hydrogen-bond donors (Lipinski definition) is 1. The topological polar surface area (TPSA) is 26.0 Å². The van der Waals surface area contributed by atoms with Gasteiger partial charge in [0.05, 0.1) is 0 Å². The van der Waals surface area contributed by atoms with E-state index in [9.17, 15) is 0 Å². The SMILES string of the molecule is Cc1ccc(CN)cc1CC(C)C. The molecular formula is C12H19N. The summed E-state index contributed by atoms with van der Waals surface area (Å²) in [6.45, 7) is 7.30. The summed E-state index contributed by atoms with van der Waals surface area (Å²) >= 11 is 0. The van der Waals surface area contributed by atoms with Crippen molar-refractivity contribution in [2.24, 2.45) is 11.7 Å². The van der Waals surface area contributed by atoms with Gasteiger partial charge in [-0.3, -0.25) is 0 Å². The van der Waals surface area contributed by atoms with Crippen molar-refractivity contribution < 1.29 is 0 Å². The lowest BCUT2D eigenvalue weighted by molar-refractivity contribution is 0.644. The first-order chi connectivity index (χ1) is 6.13. The summed E-state index contributed by atoms with van der Waals surface area (Å²) in [7, 11) is 0. The van der Waals surface area contributed by atoms with Gasteiger partial charge in [0.25, 0.3) is 0 Å². The van der Waals surface area contributed by atoms with Gasteiger partial charge in [0.1, 0.15) is 0 Å². The molecule has 0 heterocycles. The third-order valence-electron chi connectivity index (χ3n) is 2.28. The maximum absolute atomic E-state index is 5.60. The fourth-order valence-electron chi connectivity index (χ4n) is 1.51. The quantitative estimate of drug-likeness (QED) is 0.754. The van der Waals surface area contributed by atoms with E-state index in [0.717, 1.165) is 6.42 Å². The Bertz CT molecular complexity index is 276. The molecule has 2 N–H and O–H groups in total. The molecule has 0 amide bonds. The minimum absolute atomic E-state index is 0.644. The van der Waals surface area contributed by atoms with E-state index in [1.54, 1.807) is 0 Å². The predicted molar refractivity (Wildman–Crippen MR) is 57.6 cm³/mol. The zero-order valence-corrected chi connectivity index (χ0v) is 8.80. The Morgan fingerprint density at radius 2 is 2.00 bits per heavy atom. The Balaban J connectivity index is 2.90. The van der Waals surface area contributed by atoms with Gasteiger partial charge in [-0.05, 0) is 36.0 Å². The predicted octanol–water partition coefficient (Wildman–Crippen LogP) is 2.65. The average Bonchev–Trinajstić information content (AvgIpc) is 2.08. The molecule has 0 fully saturated rings. The van der Waals surface area contributed by atoms with Crippen molar-refractivity contribution in [3.63, 3.8) is 0 Å². The van der Waals surface area contributed by atoms with Gasteiger partial charge in [0.15, 0.2) is 0 Å². The van der Waals surface area contributed by atoms with E-state index >= 15 is 0 Å². The molecule has 0 aromatic heterocycles. The molecule has 0 aliphatic heterocycles. The molecule has 72 valence electrons. The second-order valence-corrected chi connectivity index (χ2v) is 4.06. The highest BCUT2D eigenvalue weighted by Crippen LogP contribution is 2.15. The molecule has 0 aliphatic carbocycles. The van der Waals surface area contributed by atoms with Crippen LogP contribution in [0.1, 0.15) is 30.5 Å². The van der Waals surface area contributed by atoms with Crippen LogP contribution in [-0.2, 0) is 13.0 Å². The summed E-state index contributed by atoms with van der Waals surface area (Å²) in [6.07, 6.45) is 1.15. The second-order valence-electron chi connectivity index (χ2n) is 4.06. The number of aryl methyl sites for hydroxylation is 1. The maximum atomic E-state index is 5.60. The van der Waals surface area contributed by atoms with Crippen LogP contribution >= 0.6 is 0 Å². The van der Waals surface area contributed by atoms with E-state index in [1.165, 1.54) is 16.7 Å². The fraction of sp³-hybridized carbons (Fsp3) is 0.500. The van der Waals surface area contributed by atoms with Crippen LogP contribution in [0.5, 0.6) is 0 Å². The van der Waals surface area contributed by atoms with Crippen molar-refractivity contribution >= 4 is 0 Å². The lowest BCUT2D eigenvalue weighted by Crippen LogP contribution is -2.01. The Labute approximate surface area is 81.0 Å². The highest BCUT2D eigenvalue weighted by atomic mass is 14.5. The van der Waals surface area contributed by atoms with Crippen molar-refractivity contribution in [3.05, 3.63) is 34.9 Å². The van der Waals surface area contributed by atoms with E-state index in [-0.39, 0.29) is 0 Å². The minimum atomic E-state index is 0.644. The first-order valence-corrected chi connectivity index (χ1v) is 4.92. The lowest BCUT2D eigenvalue weighted by Gasteiger charge is -2.10. The summed E-state index contributed by atoms with van der Waals surface area (Å²) in [4.78, 5) is 0. The van der Waals surface area contributed by atoms with Crippen LogP contribution in [-0.4, -0.2) is 0 Å². The number of rotatable bonds is 3. The normalized spacial score (nSPS) is 10.8. The van der Waals surface area contributed by atoms with E-state index in [2.05, 4.69) is 39.0 Å². The Hall–Kier alpha value is -0.820. The zero-order chi connectivity index (χ0) is 9.84. The third-order valence-corrected chi connectivity index (χ3v) is 2.28. The van der Waals surface area contributed by atoms with Crippen LogP contribution < -0.4 is 5.73 Å². The molecule has 0 saturated heterocycles. The molecule has 1 aromatic rings. The van der Waals surface area contributed by atoms with E-state index in [4.69, 9.17) is 5.73 Å². The van der Waals surface area contributed by atoms with Crippen LogP contribution in [0.15, 0.2) is 18.2 Å². The number of hydrogen-bond acceptors (Lipinski definition) is 1. The second kappa shape index (κ2) is 4.43. The van der Waals surface area contributed by atoms with Crippen molar-refractivity contribution in [1.29, 1.82) is 0 Å². The molecule has 0 bridgehead atoms. The van der Waals surface area contributed by atoms with Crippen LogP contribution in [0.25, 0.3) is 0 Å². The first kappa shape index (κ1) is 10.3. The molecule has 1 aromatic carbocycles. The van der Waals surface area contributed by atoms with Crippen LogP contribution in [0.2, 0.25) is 0 Å². The van der Waals surface area contributed by atoms with Crippen LogP contribution in [0.3, 0.4) is 0 Å². The molecule has 0 atom stereocenters. The van der Waals surface area contributed by atoms with Crippen LogP contribution in [0.4, 0.5) is 0 Å². The van der Waals surface area contributed by atoms with Gasteiger partial charge in [0.2, 0.25) is 0 Å². The average molecular weight is 177 g/mol. The Morgan fingerprint density at radius 3 is 2.54 bits per heavy atom. The smallest absolute Gasteiger partial charge is 0.0178 e. The summed E-state index contributed by atoms with van der Waals surface area (Å²) < 4.78 is 0. The van der Waals surface area contributed by atoms with Gasteiger partial charge in [0, 0.05) is 6.54 Å². The van der Waals surface area contributed by atoms with E-state index < -0.39 is 0 Å². The van der Waals surface area contributed by atoms with Crippen molar-refractivity contribution in [2.75, 3.05) is 0 Å². The molecular weight excluding hydrogens is 158 g/mol. The zero-order valence-electron chi connectivity index (χ0n) is 8.80. The first-order valence-electron chi connectivity index (χ1n) is 4.92. The molecule has 1 rings (SSSR count). The molecule has 0 radical (unpaired) electrons. The van der Waals surface area contributed by atoms with Crippen molar-refractivity contribution in [1.82, 2.24) is 0 Å². The molecule has 0 unspecified atom stereocenters. The summed E-state index contributed by atoms with van der Waals surface area (Å²) in [5, 5.41) is 0. The van der Waals surface area contributed by atoms with Crippen molar-refractivity contribution in [2.45, 2.75) is 33.7 Å². The number of nitrogens with two attached hydrogens (primary N) is 1. The lowest BCUT2D eigenvalue weighted by atomic mass is 9.97. The molecule has 0 spiro atoms. The van der Waals surface area contributed by atoms with Crippen LogP contribution in [0, 0.1) is 12.8 Å². The molecule has 1 heteroatoms. The van der Waals surface area contributed by atoms with E-state index in [1.807, 2.05) is 0 Å². The van der Waals surface area contributed by atoms with Gasteiger partial charge in [-0.25, -0.2) is 0 Å². The summed E-state index contributed by atoms with van der Waals surface area (Å²) in [5.41, 5.74) is 9.66. The third kappa shape index (κ3) is 2.85. The summed E-state index contributed by atoms with van der Waals surface area (Å²) in [6, 6.07) is 6.51.